The number of thiol groups is 2. The molecule has 1 aromatic heterocycles. The molecule has 6 N–H and O–H groups in total. The third-order valence-electron chi connectivity index (χ3n) is 1.66. The van der Waals surface area contributed by atoms with Gasteiger partial charge in [-0.2, -0.15) is 0 Å². The Morgan fingerprint density at radius 1 is 1.06 bits per heavy atom. The maximum atomic E-state index is 7.06. The van der Waals surface area contributed by atoms with Crippen LogP contribution in [0.25, 0.3) is 0 Å². The lowest BCUT2D eigenvalue weighted by molar-refractivity contribution is 0.739. The minimum absolute atomic E-state index is 0. The van der Waals surface area contributed by atoms with Gasteiger partial charge in [0.25, 0.3) is 0 Å². The number of nitrogens with two attached hydrogens (primary N) is 1. The SMILES string of the molecule is Cl.Cl.N=C(S)NCc1nnc(CNC(=N)S)n1N. The normalized spacial score (nSPS) is 8.78. The molecule has 18 heavy (non-hydrogen) atoms. The van der Waals surface area contributed by atoms with Crippen molar-refractivity contribution < 1.29 is 0 Å². The molecule has 0 saturated carbocycles. The van der Waals surface area contributed by atoms with Gasteiger partial charge in [0, 0.05) is 0 Å². The molecule has 0 bridgehead atoms. The molecule has 0 amide bonds. The van der Waals surface area contributed by atoms with E-state index in [1.165, 1.54) is 4.68 Å². The van der Waals surface area contributed by atoms with E-state index in [1.54, 1.807) is 0 Å². The van der Waals surface area contributed by atoms with Gasteiger partial charge in [0.2, 0.25) is 0 Å². The predicted molar refractivity (Wildman–Crippen MR) is 81.8 cm³/mol. The first-order valence-corrected chi connectivity index (χ1v) is 5.11. The summed E-state index contributed by atoms with van der Waals surface area (Å²) < 4.78 is 1.29. The topological polar surface area (TPSA) is 128 Å². The van der Waals surface area contributed by atoms with Crippen LogP contribution in [0.5, 0.6) is 0 Å². The van der Waals surface area contributed by atoms with E-state index in [4.69, 9.17) is 16.7 Å². The third-order valence-corrected chi connectivity index (χ3v) is 1.98. The Balaban J connectivity index is 0. The molecule has 0 aromatic carbocycles. The first-order chi connectivity index (χ1) is 7.50. The second kappa shape index (κ2) is 9.14. The van der Waals surface area contributed by atoms with Gasteiger partial charge in [0.1, 0.15) is 0 Å². The molecular weight excluding hydrogens is 319 g/mol. The van der Waals surface area contributed by atoms with Crippen molar-refractivity contribution >= 4 is 60.4 Å². The Bertz CT molecular complexity index is 373. The van der Waals surface area contributed by atoms with E-state index in [1.807, 2.05) is 0 Å². The van der Waals surface area contributed by atoms with Crippen LogP contribution in [0.4, 0.5) is 0 Å². The molecule has 1 heterocycles. The molecule has 0 fully saturated rings. The molecule has 12 heteroatoms. The van der Waals surface area contributed by atoms with Crippen LogP contribution in [0.1, 0.15) is 11.6 Å². The number of amidine groups is 2. The summed E-state index contributed by atoms with van der Waals surface area (Å²) in [5, 5.41) is 27.1. The van der Waals surface area contributed by atoms with Crippen molar-refractivity contribution in [3.8, 4) is 0 Å². The monoisotopic (exact) mass is 332 g/mol. The van der Waals surface area contributed by atoms with Crippen molar-refractivity contribution in [3.63, 3.8) is 0 Å². The average Bonchev–Trinajstić information content (AvgIpc) is 2.53. The Morgan fingerprint density at radius 2 is 1.39 bits per heavy atom. The smallest absolute Gasteiger partial charge is 0.171 e. The van der Waals surface area contributed by atoms with Gasteiger partial charge in [0.15, 0.2) is 22.0 Å². The molecule has 0 spiro atoms. The number of halogens is 2. The maximum absolute atomic E-state index is 7.06. The number of nitrogens with zero attached hydrogens (tertiary/aromatic N) is 3. The highest BCUT2D eigenvalue weighted by molar-refractivity contribution is 7.96. The van der Waals surface area contributed by atoms with Gasteiger partial charge in [0.05, 0.1) is 13.1 Å². The van der Waals surface area contributed by atoms with Crippen molar-refractivity contribution in [1.82, 2.24) is 25.5 Å². The summed E-state index contributed by atoms with van der Waals surface area (Å²) in [5.41, 5.74) is 0. The van der Waals surface area contributed by atoms with Crippen LogP contribution in [-0.4, -0.2) is 25.2 Å². The van der Waals surface area contributed by atoms with Gasteiger partial charge in [-0.25, -0.2) is 4.68 Å². The van der Waals surface area contributed by atoms with Crippen molar-refractivity contribution in [3.05, 3.63) is 11.6 Å². The van der Waals surface area contributed by atoms with E-state index < -0.39 is 0 Å². The van der Waals surface area contributed by atoms with Crippen LogP contribution in [0, 0.1) is 10.8 Å². The van der Waals surface area contributed by atoms with E-state index in [0.717, 1.165) is 0 Å². The molecule has 1 aromatic rings. The summed E-state index contributed by atoms with van der Waals surface area (Å²) in [5.74, 6) is 6.64. The van der Waals surface area contributed by atoms with Crippen LogP contribution in [0.15, 0.2) is 0 Å². The van der Waals surface area contributed by atoms with E-state index in [0.29, 0.717) is 11.6 Å². The summed E-state index contributed by atoms with van der Waals surface area (Å²) in [6.45, 7) is 0.536. The molecule has 1 rings (SSSR count). The average molecular weight is 333 g/mol. The lowest BCUT2D eigenvalue weighted by atomic mass is 10.5. The second-order valence-electron chi connectivity index (χ2n) is 2.81. The molecule has 0 aliphatic rings. The second-order valence-corrected chi connectivity index (χ2v) is 3.70. The molecule has 0 atom stereocenters. The molecular formula is C6H14Cl2N8S2. The van der Waals surface area contributed by atoms with Gasteiger partial charge < -0.3 is 16.5 Å². The van der Waals surface area contributed by atoms with Crippen molar-refractivity contribution in [1.29, 1.82) is 10.8 Å². The number of nitrogen functional groups attached to an aromatic ring is 1. The van der Waals surface area contributed by atoms with Gasteiger partial charge in [-0.05, 0) is 0 Å². The van der Waals surface area contributed by atoms with Crippen molar-refractivity contribution in [2.45, 2.75) is 13.1 Å². The minimum Gasteiger partial charge on any atom is -0.358 e. The number of rotatable bonds is 4. The quantitative estimate of drug-likeness (QED) is 0.177. The molecule has 0 radical (unpaired) electrons. The van der Waals surface area contributed by atoms with Gasteiger partial charge in [-0.1, -0.05) is 0 Å². The molecule has 0 aliphatic carbocycles. The predicted octanol–water partition coefficient (Wildman–Crippen LogP) is -0.256. The number of hydrogen-bond acceptors (Lipinski definition) is 5. The molecule has 0 aliphatic heterocycles. The lowest BCUT2D eigenvalue weighted by Crippen LogP contribution is -2.26. The van der Waals surface area contributed by atoms with E-state index >= 15 is 0 Å². The largest absolute Gasteiger partial charge is 0.358 e. The minimum atomic E-state index is 0. The van der Waals surface area contributed by atoms with E-state index in [2.05, 4.69) is 46.1 Å². The van der Waals surface area contributed by atoms with Crippen LogP contribution in [0.3, 0.4) is 0 Å². The fraction of sp³-hybridized carbons (Fsp3) is 0.333. The summed E-state index contributed by atoms with van der Waals surface area (Å²) >= 11 is 7.52. The Morgan fingerprint density at radius 3 is 1.67 bits per heavy atom. The molecule has 0 saturated heterocycles. The Labute approximate surface area is 127 Å². The maximum Gasteiger partial charge on any atom is 0.171 e. The summed E-state index contributed by atoms with van der Waals surface area (Å²) in [7, 11) is 0. The zero-order chi connectivity index (χ0) is 12.1. The zero-order valence-electron chi connectivity index (χ0n) is 9.04. The lowest BCUT2D eigenvalue weighted by Gasteiger charge is -2.05. The van der Waals surface area contributed by atoms with Crippen molar-refractivity contribution in [2.75, 3.05) is 5.84 Å². The number of nitrogens with one attached hydrogen (secondary N) is 4. The summed E-state index contributed by atoms with van der Waals surface area (Å²) in [6, 6.07) is 0. The van der Waals surface area contributed by atoms with Gasteiger partial charge in [-0.15, -0.1) is 60.3 Å². The van der Waals surface area contributed by atoms with E-state index in [-0.39, 0.29) is 48.2 Å². The first-order valence-electron chi connectivity index (χ1n) is 4.21. The van der Waals surface area contributed by atoms with E-state index in [9.17, 15) is 0 Å². The third kappa shape index (κ3) is 6.19. The summed E-state index contributed by atoms with van der Waals surface area (Å²) in [4.78, 5) is 0. The zero-order valence-corrected chi connectivity index (χ0v) is 12.5. The number of aromatic nitrogens is 3. The fourth-order valence-electron chi connectivity index (χ4n) is 0.927. The fourth-order valence-corrected chi connectivity index (χ4v) is 1.09. The Kier molecular flexibility index (Phi) is 9.90. The molecule has 8 nitrogen and oxygen atoms in total. The van der Waals surface area contributed by atoms with Gasteiger partial charge >= 0.3 is 0 Å². The number of hydrogen-bond donors (Lipinski definition) is 7. The highest BCUT2D eigenvalue weighted by Gasteiger charge is 2.09. The molecule has 104 valence electrons. The molecule has 0 unspecified atom stereocenters. The van der Waals surface area contributed by atoms with Crippen LogP contribution in [-0.2, 0) is 13.1 Å². The summed E-state index contributed by atoms with van der Waals surface area (Å²) in [6.07, 6.45) is 0. The highest BCUT2D eigenvalue weighted by atomic mass is 35.5. The van der Waals surface area contributed by atoms with Crippen LogP contribution >= 0.6 is 50.1 Å². The highest BCUT2D eigenvalue weighted by Crippen LogP contribution is 1.97. The standard InChI is InChI=1S/C6H12N8S2.2ClH/c7-5(15)10-1-3-12-13-4(14(3)9)2-11-6(8)16;;/h1-2,9H2,(H3,7,10,15)(H3,8,11,16);2*1H. The van der Waals surface area contributed by atoms with Crippen LogP contribution in [0.2, 0.25) is 0 Å². The van der Waals surface area contributed by atoms with Crippen LogP contribution < -0.4 is 16.5 Å². The first kappa shape index (κ1) is 19.5. The van der Waals surface area contributed by atoms with Crippen molar-refractivity contribution in [2.24, 2.45) is 0 Å². The van der Waals surface area contributed by atoms with Gasteiger partial charge in [-0.3, -0.25) is 10.8 Å². The Hall–Kier alpha value is -0.840.